The standard InChI is InChI=1S/C36H38FN3O4S/c37-32-23-13-14-24-33(32)40(45(43,44)31-21-11-4-12-22-31)27-35(41)39(26-29-17-7-2-8-18-29)34(25-28-15-5-1-6-16-28)36(42)38-30-19-9-3-10-20-30/h1-2,4-8,11-18,21-24,30,34H,3,9-10,19-20,25-27H2,(H,38,42)/t34-/m0/s1. The lowest BCUT2D eigenvalue weighted by Crippen LogP contribution is -2.55. The van der Waals surface area contributed by atoms with Gasteiger partial charge in [-0.05, 0) is 48.2 Å². The summed E-state index contributed by atoms with van der Waals surface area (Å²) in [4.78, 5) is 29.9. The lowest BCUT2D eigenvalue weighted by molar-refractivity contribution is -0.140. The Morgan fingerprint density at radius 1 is 0.756 bits per heavy atom. The molecule has 1 fully saturated rings. The van der Waals surface area contributed by atoms with Gasteiger partial charge in [0.25, 0.3) is 10.0 Å². The van der Waals surface area contributed by atoms with Crippen molar-refractivity contribution >= 4 is 27.5 Å². The Morgan fingerprint density at radius 3 is 1.93 bits per heavy atom. The summed E-state index contributed by atoms with van der Waals surface area (Å²) < 4.78 is 44.0. The fourth-order valence-corrected chi connectivity index (χ4v) is 7.21. The summed E-state index contributed by atoms with van der Waals surface area (Å²) in [7, 11) is -4.36. The van der Waals surface area contributed by atoms with Crippen LogP contribution in [-0.4, -0.2) is 43.8 Å². The highest BCUT2D eigenvalue weighted by atomic mass is 32.2. The van der Waals surface area contributed by atoms with E-state index < -0.39 is 34.3 Å². The van der Waals surface area contributed by atoms with Gasteiger partial charge in [-0.3, -0.25) is 13.9 Å². The Labute approximate surface area is 264 Å². The number of sulfonamides is 1. The van der Waals surface area contributed by atoms with Gasteiger partial charge in [0.2, 0.25) is 11.8 Å². The first-order valence-corrected chi connectivity index (χ1v) is 16.8. The van der Waals surface area contributed by atoms with E-state index in [4.69, 9.17) is 0 Å². The zero-order valence-corrected chi connectivity index (χ0v) is 25.9. The molecule has 0 bridgehead atoms. The fraction of sp³-hybridized carbons (Fsp3) is 0.278. The third kappa shape index (κ3) is 8.16. The van der Waals surface area contributed by atoms with Crippen LogP contribution in [0.1, 0.15) is 43.2 Å². The number of para-hydroxylation sites is 1. The van der Waals surface area contributed by atoms with E-state index in [0.717, 1.165) is 53.6 Å². The molecule has 9 heteroatoms. The average Bonchev–Trinajstić information content (AvgIpc) is 3.07. The maximum atomic E-state index is 15.2. The van der Waals surface area contributed by atoms with E-state index in [1.807, 2.05) is 60.7 Å². The number of halogens is 1. The zero-order chi connectivity index (χ0) is 31.6. The molecule has 2 amide bonds. The summed E-state index contributed by atoms with van der Waals surface area (Å²) in [6, 6.07) is 30.9. The summed E-state index contributed by atoms with van der Waals surface area (Å²) in [5, 5.41) is 3.19. The van der Waals surface area contributed by atoms with E-state index in [0.29, 0.717) is 0 Å². The highest BCUT2D eigenvalue weighted by Gasteiger charge is 2.36. The second-order valence-electron chi connectivity index (χ2n) is 11.3. The van der Waals surface area contributed by atoms with Crippen molar-refractivity contribution in [3.05, 3.63) is 132 Å². The molecule has 0 unspecified atom stereocenters. The molecule has 0 aromatic heterocycles. The van der Waals surface area contributed by atoms with Crippen LogP contribution in [0, 0.1) is 5.82 Å². The number of benzene rings is 4. The third-order valence-electron chi connectivity index (χ3n) is 8.15. The van der Waals surface area contributed by atoms with Crippen LogP contribution < -0.4 is 9.62 Å². The van der Waals surface area contributed by atoms with Gasteiger partial charge in [0.1, 0.15) is 18.4 Å². The van der Waals surface area contributed by atoms with Gasteiger partial charge in [-0.1, -0.05) is 110 Å². The molecule has 1 saturated carbocycles. The molecule has 1 atom stereocenters. The monoisotopic (exact) mass is 627 g/mol. The molecule has 0 saturated heterocycles. The minimum absolute atomic E-state index is 0.00609. The van der Waals surface area contributed by atoms with E-state index in [-0.39, 0.29) is 35.5 Å². The minimum Gasteiger partial charge on any atom is -0.352 e. The average molecular weight is 628 g/mol. The van der Waals surface area contributed by atoms with Crippen LogP contribution in [-0.2, 0) is 32.6 Å². The molecule has 1 N–H and O–H groups in total. The lowest BCUT2D eigenvalue weighted by Gasteiger charge is -2.35. The molecule has 0 spiro atoms. The topological polar surface area (TPSA) is 86.8 Å². The number of nitrogens with one attached hydrogen (secondary N) is 1. The highest BCUT2D eigenvalue weighted by molar-refractivity contribution is 7.92. The van der Waals surface area contributed by atoms with E-state index in [1.54, 1.807) is 18.2 Å². The van der Waals surface area contributed by atoms with Gasteiger partial charge in [0.15, 0.2) is 0 Å². The van der Waals surface area contributed by atoms with Gasteiger partial charge >= 0.3 is 0 Å². The second kappa shape index (κ2) is 15.0. The predicted octanol–water partition coefficient (Wildman–Crippen LogP) is 6.11. The molecule has 234 valence electrons. The molecule has 4 aromatic rings. The SMILES string of the molecule is O=C(NC1CCCCC1)[C@H](Cc1ccccc1)N(Cc1ccccc1)C(=O)CN(c1ccccc1F)S(=O)(=O)c1ccccc1. The van der Waals surface area contributed by atoms with Crippen LogP contribution in [0.25, 0.3) is 0 Å². The summed E-state index contributed by atoms with van der Waals surface area (Å²) >= 11 is 0. The van der Waals surface area contributed by atoms with Gasteiger partial charge in [-0.25, -0.2) is 12.8 Å². The lowest BCUT2D eigenvalue weighted by atomic mass is 9.94. The zero-order valence-electron chi connectivity index (χ0n) is 25.1. The summed E-state index contributed by atoms with van der Waals surface area (Å²) in [6.07, 6.45) is 5.13. The van der Waals surface area contributed by atoms with Gasteiger partial charge in [-0.2, -0.15) is 0 Å². The normalized spacial score (nSPS) is 14.3. The first-order chi connectivity index (χ1) is 21.8. The Hall–Kier alpha value is -4.50. The third-order valence-corrected chi connectivity index (χ3v) is 9.92. The van der Waals surface area contributed by atoms with E-state index in [9.17, 15) is 18.0 Å². The van der Waals surface area contributed by atoms with E-state index in [2.05, 4.69) is 5.32 Å². The maximum Gasteiger partial charge on any atom is 0.264 e. The Kier molecular flexibility index (Phi) is 10.6. The van der Waals surface area contributed by atoms with Crippen molar-refractivity contribution in [3.8, 4) is 0 Å². The molecular formula is C36H38FN3O4S. The molecule has 4 aromatic carbocycles. The first kappa shape index (κ1) is 31.9. The van der Waals surface area contributed by atoms with Gasteiger partial charge < -0.3 is 10.2 Å². The number of carbonyl (C=O) groups excluding carboxylic acids is 2. The first-order valence-electron chi connectivity index (χ1n) is 15.3. The number of rotatable bonds is 12. The molecule has 1 aliphatic carbocycles. The molecule has 0 aliphatic heterocycles. The van der Waals surface area contributed by atoms with Gasteiger partial charge in [0.05, 0.1) is 10.6 Å². The molecule has 45 heavy (non-hydrogen) atoms. The van der Waals surface area contributed by atoms with Crippen molar-refractivity contribution in [1.82, 2.24) is 10.2 Å². The number of hydrogen-bond acceptors (Lipinski definition) is 4. The minimum atomic E-state index is -4.36. The van der Waals surface area contributed by atoms with Crippen LogP contribution in [0.2, 0.25) is 0 Å². The smallest absolute Gasteiger partial charge is 0.264 e. The van der Waals surface area contributed by atoms with Crippen LogP contribution in [0.15, 0.2) is 120 Å². The van der Waals surface area contributed by atoms with Crippen molar-refractivity contribution in [1.29, 1.82) is 0 Å². The van der Waals surface area contributed by atoms with Crippen molar-refractivity contribution in [2.24, 2.45) is 0 Å². The number of nitrogens with zero attached hydrogens (tertiary/aromatic N) is 2. The van der Waals surface area contributed by atoms with Crippen LogP contribution in [0.4, 0.5) is 10.1 Å². The molecule has 7 nitrogen and oxygen atoms in total. The predicted molar refractivity (Wildman–Crippen MR) is 173 cm³/mol. The Balaban J connectivity index is 1.55. The maximum absolute atomic E-state index is 15.2. The Bertz CT molecular complexity index is 1660. The van der Waals surface area contributed by atoms with Crippen molar-refractivity contribution in [3.63, 3.8) is 0 Å². The van der Waals surface area contributed by atoms with Gasteiger partial charge in [0, 0.05) is 19.0 Å². The quantitative estimate of drug-likeness (QED) is 0.205. The molecule has 5 rings (SSSR count). The van der Waals surface area contributed by atoms with Crippen molar-refractivity contribution in [2.75, 3.05) is 10.8 Å². The number of anilines is 1. The molecular weight excluding hydrogens is 589 g/mol. The molecule has 0 radical (unpaired) electrons. The van der Waals surface area contributed by atoms with Crippen molar-refractivity contribution < 1.29 is 22.4 Å². The molecule has 1 aliphatic rings. The summed E-state index contributed by atoms with van der Waals surface area (Å²) in [6.45, 7) is -0.640. The van der Waals surface area contributed by atoms with E-state index >= 15 is 4.39 Å². The Morgan fingerprint density at radius 2 is 1.31 bits per heavy atom. The van der Waals surface area contributed by atoms with Crippen LogP contribution in [0.3, 0.4) is 0 Å². The van der Waals surface area contributed by atoms with Crippen LogP contribution >= 0.6 is 0 Å². The molecule has 0 heterocycles. The largest absolute Gasteiger partial charge is 0.352 e. The second-order valence-corrected chi connectivity index (χ2v) is 13.2. The van der Waals surface area contributed by atoms with Crippen molar-refractivity contribution in [2.45, 2.75) is 62.0 Å². The number of carbonyl (C=O) groups is 2. The summed E-state index contributed by atoms with van der Waals surface area (Å²) in [5.74, 6) is -1.70. The van der Waals surface area contributed by atoms with Gasteiger partial charge in [-0.15, -0.1) is 0 Å². The highest BCUT2D eigenvalue weighted by Crippen LogP contribution is 2.27. The number of hydrogen-bond donors (Lipinski definition) is 1. The van der Waals surface area contributed by atoms with E-state index in [1.165, 1.54) is 35.2 Å². The van der Waals surface area contributed by atoms with Crippen LogP contribution in [0.5, 0.6) is 0 Å². The summed E-state index contributed by atoms with van der Waals surface area (Å²) in [5.41, 5.74) is 1.38. The number of amides is 2. The fourth-order valence-electron chi connectivity index (χ4n) is 5.77.